The number of unbranched alkanes of at least 4 members (excludes halogenated alkanes) is 3. The monoisotopic (exact) mass is 197 g/mol. The molecule has 1 unspecified atom stereocenters. The smallest absolute Gasteiger partial charge is 0.00641 e. The van der Waals surface area contributed by atoms with E-state index in [4.69, 9.17) is 0 Å². The summed E-state index contributed by atoms with van der Waals surface area (Å²) in [6.07, 6.45) is 12.9. The zero-order valence-corrected chi connectivity index (χ0v) is 10.0. The Balaban J connectivity index is 1.93. The van der Waals surface area contributed by atoms with Gasteiger partial charge >= 0.3 is 0 Å². The Hall–Kier alpha value is -0.0400. The zero-order valence-electron chi connectivity index (χ0n) is 10.0. The molecule has 0 aromatic carbocycles. The van der Waals surface area contributed by atoms with Crippen molar-refractivity contribution in [1.82, 2.24) is 5.32 Å². The minimum absolute atomic E-state index is 0.799. The van der Waals surface area contributed by atoms with E-state index in [-0.39, 0.29) is 0 Å². The molecule has 0 saturated heterocycles. The lowest BCUT2D eigenvalue weighted by Gasteiger charge is -2.15. The van der Waals surface area contributed by atoms with Gasteiger partial charge in [-0.15, -0.1) is 0 Å². The summed E-state index contributed by atoms with van der Waals surface area (Å²) >= 11 is 0. The van der Waals surface area contributed by atoms with Gasteiger partial charge in [0.25, 0.3) is 0 Å². The Bertz CT molecular complexity index is 129. The summed E-state index contributed by atoms with van der Waals surface area (Å²) in [4.78, 5) is 0. The Kier molecular flexibility index (Phi) is 6.25. The van der Waals surface area contributed by atoms with Gasteiger partial charge in [-0.3, -0.25) is 0 Å². The van der Waals surface area contributed by atoms with Crippen LogP contribution in [-0.4, -0.2) is 13.1 Å². The molecule has 84 valence electrons. The average Bonchev–Trinajstić information content (AvgIpc) is 3.01. The van der Waals surface area contributed by atoms with E-state index < -0.39 is 0 Å². The quantitative estimate of drug-likeness (QED) is 0.555. The van der Waals surface area contributed by atoms with Gasteiger partial charge in [0.2, 0.25) is 0 Å². The fourth-order valence-corrected chi connectivity index (χ4v) is 2.09. The Morgan fingerprint density at radius 1 is 1.14 bits per heavy atom. The molecule has 0 aliphatic heterocycles. The van der Waals surface area contributed by atoms with E-state index in [2.05, 4.69) is 19.3 Å². The summed E-state index contributed by atoms with van der Waals surface area (Å²) < 4.78 is 0. The third-order valence-corrected chi connectivity index (χ3v) is 3.43. The van der Waals surface area contributed by atoms with Crippen molar-refractivity contribution in [3.63, 3.8) is 0 Å². The summed E-state index contributed by atoms with van der Waals surface area (Å²) in [5.41, 5.74) is 0. The average molecular weight is 197 g/mol. The van der Waals surface area contributed by atoms with Crippen molar-refractivity contribution < 1.29 is 0 Å². The van der Waals surface area contributed by atoms with E-state index in [0.29, 0.717) is 0 Å². The minimum Gasteiger partial charge on any atom is -0.317 e. The van der Waals surface area contributed by atoms with Gasteiger partial charge in [0.15, 0.2) is 0 Å². The lowest BCUT2D eigenvalue weighted by molar-refractivity contribution is 0.439. The number of nitrogens with one attached hydrogen (secondary N) is 1. The third kappa shape index (κ3) is 5.64. The molecule has 1 saturated carbocycles. The predicted octanol–water partition coefficient (Wildman–Crippen LogP) is 3.74. The first-order chi connectivity index (χ1) is 6.86. The highest BCUT2D eigenvalue weighted by molar-refractivity contribution is 4.76. The summed E-state index contributed by atoms with van der Waals surface area (Å²) in [7, 11) is 2.12. The first-order valence-corrected chi connectivity index (χ1v) is 6.54. The van der Waals surface area contributed by atoms with E-state index >= 15 is 0 Å². The first-order valence-electron chi connectivity index (χ1n) is 6.54. The highest BCUT2D eigenvalue weighted by Gasteiger charge is 2.21. The molecule has 0 aromatic heterocycles. The summed E-state index contributed by atoms with van der Waals surface area (Å²) in [5, 5.41) is 3.46. The van der Waals surface area contributed by atoms with Crippen molar-refractivity contribution in [3.8, 4) is 0 Å². The van der Waals surface area contributed by atoms with Crippen LogP contribution in [0, 0.1) is 5.92 Å². The molecule has 0 bridgehead atoms. The lowest BCUT2D eigenvalue weighted by atomic mass is 10.0. The van der Waals surface area contributed by atoms with Crippen molar-refractivity contribution in [1.29, 1.82) is 0 Å². The van der Waals surface area contributed by atoms with Gasteiger partial charge in [-0.05, 0) is 32.2 Å². The van der Waals surface area contributed by atoms with Crippen LogP contribution in [-0.2, 0) is 0 Å². The third-order valence-electron chi connectivity index (χ3n) is 3.43. The van der Waals surface area contributed by atoms with E-state index in [0.717, 1.165) is 12.0 Å². The van der Waals surface area contributed by atoms with Gasteiger partial charge in [0, 0.05) is 6.04 Å². The molecule has 1 aliphatic rings. The van der Waals surface area contributed by atoms with Gasteiger partial charge < -0.3 is 5.32 Å². The summed E-state index contributed by atoms with van der Waals surface area (Å²) in [5.74, 6) is 1.10. The molecule has 1 heteroatoms. The largest absolute Gasteiger partial charge is 0.317 e. The van der Waals surface area contributed by atoms with Crippen LogP contribution in [0.5, 0.6) is 0 Å². The van der Waals surface area contributed by atoms with E-state index in [1.165, 1.54) is 57.8 Å². The van der Waals surface area contributed by atoms with Crippen LogP contribution < -0.4 is 5.32 Å². The normalized spacial score (nSPS) is 18.4. The first kappa shape index (κ1) is 12.0. The minimum atomic E-state index is 0.799. The molecule has 0 amide bonds. The fraction of sp³-hybridized carbons (Fsp3) is 1.00. The second-order valence-electron chi connectivity index (χ2n) is 4.86. The van der Waals surface area contributed by atoms with Crippen molar-refractivity contribution >= 4 is 0 Å². The van der Waals surface area contributed by atoms with E-state index in [1.807, 2.05) is 0 Å². The Labute approximate surface area is 89.7 Å². The van der Waals surface area contributed by atoms with Crippen LogP contribution in [0.25, 0.3) is 0 Å². The van der Waals surface area contributed by atoms with E-state index in [1.54, 1.807) is 0 Å². The Morgan fingerprint density at radius 3 is 2.50 bits per heavy atom. The van der Waals surface area contributed by atoms with Crippen LogP contribution in [0.1, 0.15) is 64.7 Å². The van der Waals surface area contributed by atoms with E-state index in [9.17, 15) is 0 Å². The molecule has 0 heterocycles. The molecule has 1 nitrogen and oxygen atoms in total. The second-order valence-corrected chi connectivity index (χ2v) is 4.86. The molecule has 1 rings (SSSR count). The van der Waals surface area contributed by atoms with Gasteiger partial charge in [-0.1, -0.05) is 45.4 Å². The van der Waals surface area contributed by atoms with Gasteiger partial charge in [0.1, 0.15) is 0 Å². The summed E-state index contributed by atoms with van der Waals surface area (Å²) in [6, 6.07) is 0.799. The highest BCUT2D eigenvalue weighted by atomic mass is 14.9. The van der Waals surface area contributed by atoms with Gasteiger partial charge in [-0.25, -0.2) is 0 Å². The highest BCUT2D eigenvalue weighted by Crippen LogP contribution is 2.34. The molecule has 1 N–H and O–H groups in total. The van der Waals surface area contributed by atoms with Crippen molar-refractivity contribution in [3.05, 3.63) is 0 Å². The zero-order chi connectivity index (χ0) is 10.2. The fourth-order valence-electron chi connectivity index (χ4n) is 2.09. The van der Waals surface area contributed by atoms with Crippen LogP contribution in [0.2, 0.25) is 0 Å². The molecule has 0 radical (unpaired) electrons. The maximum atomic E-state index is 3.46. The molecule has 0 spiro atoms. The second kappa shape index (κ2) is 7.28. The molecular weight excluding hydrogens is 170 g/mol. The van der Waals surface area contributed by atoms with Crippen molar-refractivity contribution in [2.24, 2.45) is 5.92 Å². The number of hydrogen-bond donors (Lipinski definition) is 1. The maximum absolute atomic E-state index is 3.46. The van der Waals surface area contributed by atoms with Gasteiger partial charge in [-0.2, -0.15) is 0 Å². The molecule has 1 atom stereocenters. The topological polar surface area (TPSA) is 12.0 Å². The Morgan fingerprint density at radius 2 is 1.93 bits per heavy atom. The molecule has 1 aliphatic carbocycles. The number of hydrogen-bond acceptors (Lipinski definition) is 1. The van der Waals surface area contributed by atoms with Gasteiger partial charge in [0.05, 0.1) is 0 Å². The molecular formula is C13H27N. The van der Waals surface area contributed by atoms with Crippen molar-refractivity contribution in [2.75, 3.05) is 7.05 Å². The van der Waals surface area contributed by atoms with Crippen LogP contribution in [0.15, 0.2) is 0 Å². The molecule has 0 aromatic rings. The molecule has 1 fully saturated rings. The van der Waals surface area contributed by atoms with Crippen LogP contribution in [0.3, 0.4) is 0 Å². The molecule has 14 heavy (non-hydrogen) atoms. The standard InChI is InChI=1S/C13H27N/c1-3-4-5-6-7-13(14-2)11-10-12-8-9-12/h12-14H,3-11H2,1-2H3. The number of rotatable bonds is 9. The SMILES string of the molecule is CCCCCCC(CCC1CC1)NC. The lowest BCUT2D eigenvalue weighted by Crippen LogP contribution is -2.25. The predicted molar refractivity (Wildman–Crippen MR) is 63.6 cm³/mol. The van der Waals surface area contributed by atoms with Crippen LogP contribution in [0.4, 0.5) is 0 Å². The van der Waals surface area contributed by atoms with Crippen LogP contribution >= 0.6 is 0 Å². The summed E-state index contributed by atoms with van der Waals surface area (Å²) in [6.45, 7) is 2.28. The van der Waals surface area contributed by atoms with Crippen molar-refractivity contribution in [2.45, 2.75) is 70.8 Å². The maximum Gasteiger partial charge on any atom is 0.00641 e.